The van der Waals surface area contributed by atoms with Crippen LogP contribution in [0.4, 0.5) is 0 Å². The molecule has 108 valence electrons. The fraction of sp³-hybridized carbons (Fsp3) is 0.412. The molecule has 1 heterocycles. The molecule has 1 unspecified atom stereocenters. The van der Waals surface area contributed by atoms with Crippen molar-refractivity contribution in [1.29, 1.82) is 0 Å². The smallest absolute Gasteiger partial charge is 0.169 e. The van der Waals surface area contributed by atoms with Gasteiger partial charge in [0.1, 0.15) is 11.9 Å². The summed E-state index contributed by atoms with van der Waals surface area (Å²) in [4.78, 5) is 0. The van der Waals surface area contributed by atoms with E-state index >= 15 is 0 Å². The maximum absolute atomic E-state index is 10.7. The van der Waals surface area contributed by atoms with Crippen molar-refractivity contribution in [2.75, 3.05) is 0 Å². The molecule has 0 saturated heterocycles. The molecule has 0 radical (unpaired) electrons. The van der Waals surface area contributed by atoms with Crippen LogP contribution in [0.1, 0.15) is 54.9 Å². The summed E-state index contributed by atoms with van der Waals surface area (Å²) in [5.41, 5.74) is 4.76. The van der Waals surface area contributed by atoms with E-state index in [4.69, 9.17) is 4.42 Å². The first-order valence-electron chi connectivity index (χ1n) is 7.18. The molecular weight excluding hydrogens is 316 g/mol. The van der Waals surface area contributed by atoms with Gasteiger partial charge < -0.3 is 9.52 Å². The fourth-order valence-corrected chi connectivity index (χ4v) is 2.93. The molecule has 0 bridgehead atoms. The Hall–Kier alpha value is -1.06. The molecule has 1 aromatic carbocycles. The van der Waals surface area contributed by atoms with Gasteiger partial charge in [0.2, 0.25) is 0 Å². The molecular formula is C17H21BrO2. The Morgan fingerprint density at radius 3 is 2.05 bits per heavy atom. The second kappa shape index (κ2) is 6.59. The molecule has 20 heavy (non-hydrogen) atoms. The van der Waals surface area contributed by atoms with Gasteiger partial charge in [0.15, 0.2) is 4.67 Å². The first-order valence-corrected chi connectivity index (χ1v) is 7.97. The first kappa shape index (κ1) is 15.3. The zero-order valence-electron chi connectivity index (χ0n) is 12.2. The second-order valence-corrected chi connectivity index (χ2v) is 5.71. The van der Waals surface area contributed by atoms with Crippen LogP contribution in [0, 0.1) is 0 Å². The molecule has 0 aliphatic carbocycles. The number of aliphatic hydroxyl groups is 1. The Kier molecular flexibility index (Phi) is 5.06. The van der Waals surface area contributed by atoms with E-state index in [1.54, 1.807) is 0 Å². The predicted molar refractivity (Wildman–Crippen MR) is 85.0 cm³/mol. The van der Waals surface area contributed by atoms with Crippen LogP contribution in [-0.4, -0.2) is 5.11 Å². The minimum absolute atomic E-state index is 0.588. The van der Waals surface area contributed by atoms with E-state index in [2.05, 4.69) is 48.8 Å². The van der Waals surface area contributed by atoms with Crippen molar-refractivity contribution in [2.45, 2.75) is 46.1 Å². The number of halogens is 1. The quantitative estimate of drug-likeness (QED) is 0.849. The molecule has 0 aliphatic rings. The molecule has 0 saturated carbocycles. The van der Waals surface area contributed by atoms with Gasteiger partial charge in [-0.25, -0.2) is 0 Å². The van der Waals surface area contributed by atoms with E-state index in [1.165, 1.54) is 16.7 Å². The summed E-state index contributed by atoms with van der Waals surface area (Å²) in [5.74, 6) is 0.588. The van der Waals surface area contributed by atoms with Gasteiger partial charge in [-0.05, 0) is 69.6 Å². The molecule has 0 spiro atoms. The van der Waals surface area contributed by atoms with Crippen molar-refractivity contribution < 1.29 is 9.52 Å². The van der Waals surface area contributed by atoms with Crippen molar-refractivity contribution >= 4 is 15.9 Å². The Bertz CT molecular complexity index is 561. The molecule has 1 aromatic heterocycles. The number of hydrogen-bond acceptors (Lipinski definition) is 2. The number of hydrogen-bond donors (Lipinski definition) is 1. The zero-order valence-corrected chi connectivity index (χ0v) is 13.8. The molecule has 2 nitrogen and oxygen atoms in total. The van der Waals surface area contributed by atoms with Gasteiger partial charge in [-0.3, -0.25) is 0 Å². The van der Waals surface area contributed by atoms with E-state index in [9.17, 15) is 5.11 Å². The summed E-state index contributed by atoms with van der Waals surface area (Å²) < 4.78 is 6.17. The van der Waals surface area contributed by atoms with Gasteiger partial charge in [0.05, 0.1) is 0 Å². The van der Waals surface area contributed by atoms with E-state index in [1.807, 2.05) is 12.1 Å². The molecule has 3 heteroatoms. The zero-order chi connectivity index (χ0) is 14.7. The van der Waals surface area contributed by atoms with Gasteiger partial charge in [0.25, 0.3) is 0 Å². The lowest BCUT2D eigenvalue weighted by Gasteiger charge is -2.19. The summed E-state index contributed by atoms with van der Waals surface area (Å²) in [7, 11) is 0. The van der Waals surface area contributed by atoms with Crippen LogP contribution in [-0.2, 0) is 19.3 Å². The maximum Gasteiger partial charge on any atom is 0.169 e. The standard InChI is InChI=1S/C17H21BrO2/c1-4-11-9-12(5-2)16(13(6-3)10-11)17(19)14-7-8-15(18)20-14/h7-10,17,19H,4-6H2,1-3H3. The van der Waals surface area contributed by atoms with Gasteiger partial charge in [0, 0.05) is 0 Å². The van der Waals surface area contributed by atoms with Crippen LogP contribution in [0.5, 0.6) is 0 Å². The first-order chi connectivity index (χ1) is 9.60. The van der Waals surface area contributed by atoms with Crippen molar-refractivity contribution in [1.82, 2.24) is 0 Å². The van der Waals surface area contributed by atoms with Crippen LogP contribution in [0.25, 0.3) is 0 Å². The molecule has 1 N–H and O–H groups in total. The SMILES string of the molecule is CCc1cc(CC)c(C(O)c2ccc(Br)o2)c(CC)c1. The third-order valence-corrected chi connectivity index (χ3v) is 4.14. The number of benzene rings is 1. The van der Waals surface area contributed by atoms with Crippen LogP contribution in [0.3, 0.4) is 0 Å². The van der Waals surface area contributed by atoms with E-state index in [-0.39, 0.29) is 0 Å². The predicted octanol–water partition coefficient (Wildman–Crippen LogP) is 4.81. The number of aliphatic hydroxyl groups excluding tert-OH is 1. The highest BCUT2D eigenvalue weighted by Gasteiger charge is 2.21. The highest BCUT2D eigenvalue weighted by Crippen LogP contribution is 2.32. The van der Waals surface area contributed by atoms with Crippen molar-refractivity contribution in [3.8, 4) is 0 Å². The Labute approximate surface area is 128 Å². The topological polar surface area (TPSA) is 33.4 Å². The van der Waals surface area contributed by atoms with Crippen LogP contribution in [0.15, 0.2) is 33.4 Å². The van der Waals surface area contributed by atoms with Crippen molar-refractivity contribution in [3.63, 3.8) is 0 Å². The molecule has 0 amide bonds. The minimum atomic E-state index is -0.697. The average molecular weight is 337 g/mol. The normalized spacial score (nSPS) is 12.7. The van der Waals surface area contributed by atoms with E-state index < -0.39 is 6.10 Å². The fourth-order valence-electron chi connectivity index (χ4n) is 2.61. The molecule has 1 atom stereocenters. The number of aryl methyl sites for hydroxylation is 3. The molecule has 2 aromatic rings. The lowest BCUT2D eigenvalue weighted by molar-refractivity contribution is 0.185. The molecule has 0 fully saturated rings. The summed E-state index contributed by atoms with van der Waals surface area (Å²) in [6.07, 6.45) is 2.14. The summed E-state index contributed by atoms with van der Waals surface area (Å²) in [6.45, 7) is 6.42. The van der Waals surface area contributed by atoms with Crippen LogP contribution >= 0.6 is 15.9 Å². The maximum atomic E-state index is 10.7. The van der Waals surface area contributed by atoms with Crippen LogP contribution < -0.4 is 0 Å². The van der Waals surface area contributed by atoms with Gasteiger partial charge >= 0.3 is 0 Å². The third kappa shape index (κ3) is 2.99. The Balaban J connectivity index is 2.53. The molecule has 0 aliphatic heterocycles. The lowest BCUT2D eigenvalue weighted by Crippen LogP contribution is -2.08. The number of furan rings is 1. The summed E-state index contributed by atoms with van der Waals surface area (Å²) in [6, 6.07) is 8.04. The van der Waals surface area contributed by atoms with E-state index in [0.29, 0.717) is 10.4 Å². The Morgan fingerprint density at radius 1 is 1.05 bits per heavy atom. The second-order valence-electron chi connectivity index (χ2n) is 4.93. The summed E-state index contributed by atoms with van der Waals surface area (Å²) in [5, 5.41) is 10.7. The van der Waals surface area contributed by atoms with Gasteiger partial charge in [-0.1, -0.05) is 32.9 Å². The lowest BCUT2D eigenvalue weighted by atomic mass is 9.89. The van der Waals surface area contributed by atoms with E-state index in [0.717, 1.165) is 24.8 Å². The molecule has 2 rings (SSSR count). The van der Waals surface area contributed by atoms with Crippen molar-refractivity contribution in [2.24, 2.45) is 0 Å². The third-order valence-electron chi connectivity index (χ3n) is 3.72. The number of rotatable bonds is 5. The highest BCUT2D eigenvalue weighted by molar-refractivity contribution is 9.10. The monoisotopic (exact) mass is 336 g/mol. The minimum Gasteiger partial charge on any atom is -0.451 e. The largest absolute Gasteiger partial charge is 0.451 e. The van der Waals surface area contributed by atoms with Crippen LogP contribution in [0.2, 0.25) is 0 Å². The van der Waals surface area contributed by atoms with Gasteiger partial charge in [-0.2, -0.15) is 0 Å². The summed E-state index contributed by atoms with van der Waals surface area (Å²) >= 11 is 3.29. The Morgan fingerprint density at radius 2 is 1.65 bits per heavy atom. The average Bonchev–Trinajstić information content (AvgIpc) is 2.91. The van der Waals surface area contributed by atoms with Gasteiger partial charge in [-0.15, -0.1) is 0 Å². The highest BCUT2D eigenvalue weighted by atomic mass is 79.9. The van der Waals surface area contributed by atoms with Crippen molar-refractivity contribution in [3.05, 3.63) is 56.9 Å².